The van der Waals surface area contributed by atoms with Gasteiger partial charge in [0, 0.05) is 16.9 Å². The van der Waals surface area contributed by atoms with Gasteiger partial charge in [0.1, 0.15) is 5.69 Å². The Balaban J connectivity index is 2.74. The molecule has 0 saturated carbocycles. The second-order valence-corrected chi connectivity index (χ2v) is 3.77. The van der Waals surface area contributed by atoms with Crippen molar-refractivity contribution < 1.29 is 8.78 Å². The highest BCUT2D eigenvalue weighted by molar-refractivity contribution is 9.10. The fraction of sp³-hybridized carbons (Fsp3) is 0. The van der Waals surface area contributed by atoms with E-state index in [1.165, 1.54) is 12.4 Å². The molecule has 0 radical (unpaired) electrons. The molecular formula is C9H5BrF2N2O. The summed E-state index contributed by atoms with van der Waals surface area (Å²) in [5, 5.41) is 0. The average molecular weight is 275 g/mol. The molecule has 6 heteroatoms. The molecule has 0 fully saturated rings. The van der Waals surface area contributed by atoms with Gasteiger partial charge in [-0.2, -0.15) is 0 Å². The van der Waals surface area contributed by atoms with Gasteiger partial charge >= 0.3 is 5.69 Å². The summed E-state index contributed by atoms with van der Waals surface area (Å²) >= 11 is 2.95. The number of aromatic amines is 1. The van der Waals surface area contributed by atoms with Gasteiger partial charge in [-0.1, -0.05) is 15.9 Å². The first-order valence-corrected chi connectivity index (χ1v) is 4.80. The largest absolute Gasteiger partial charge is 0.330 e. The summed E-state index contributed by atoms with van der Waals surface area (Å²) in [6.45, 7) is 0. The molecule has 0 aliphatic rings. The van der Waals surface area contributed by atoms with E-state index in [2.05, 4.69) is 20.9 Å². The third-order valence-corrected chi connectivity index (χ3v) is 2.33. The average Bonchev–Trinajstić information content (AvgIpc) is 2.50. The lowest BCUT2D eigenvalue weighted by molar-refractivity contribution is 0.565. The van der Waals surface area contributed by atoms with Crippen molar-refractivity contribution in [1.82, 2.24) is 9.55 Å². The van der Waals surface area contributed by atoms with E-state index in [1.54, 1.807) is 0 Å². The lowest BCUT2D eigenvalue weighted by atomic mass is 10.3. The van der Waals surface area contributed by atoms with Crippen molar-refractivity contribution in [3.05, 3.63) is 51.1 Å². The van der Waals surface area contributed by atoms with Crippen LogP contribution in [0.1, 0.15) is 0 Å². The van der Waals surface area contributed by atoms with Crippen LogP contribution in [0.4, 0.5) is 8.78 Å². The van der Waals surface area contributed by atoms with Gasteiger partial charge in [0.05, 0.1) is 0 Å². The summed E-state index contributed by atoms with van der Waals surface area (Å²) in [5.41, 5.74) is -0.973. The topological polar surface area (TPSA) is 37.8 Å². The van der Waals surface area contributed by atoms with Crippen molar-refractivity contribution in [2.24, 2.45) is 0 Å². The fourth-order valence-corrected chi connectivity index (χ4v) is 1.66. The molecule has 0 aliphatic heterocycles. The van der Waals surface area contributed by atoms with E-state index in [9.17, 15) is 13.6 Å². The number of imidazole rings is 1. The van der Waals surface area contributed by atoms with E-state index in [1.807, 2.05) is 0 Å². The maximum absolute atomic E-state index is 13.4. The Morgan fingerprint density at radius 3 is 2.33 bits per heavy atom. The minimum atomic E-state index is -0.802. The zero-order valence-corrected chi connectivity index (χ0v) is 8.88. The van der Waals surface area contributed by atoms with Gasteiger partial charge in [0.25, 0.3) is 0 Å². The predicted octanol–water partition coefficient (Wildman–Crippen LogP) is 2.21. The number of H-pyrrole nitrogens is 1. The van der Waals surface area contributed by atoms with E-state index >= 15 is 0 Å². The highest BCUT2D eigenvalue weighted by Crippen LogP contribution is 2.21. The van der Waals surface area contributed by atoms with Gasteiger partial charge in [0.2, 0.25) is 0 Å². The number of aromatic nitrogens is 2. The molecule has 0 amide bonds. The van der Waals surface area contributed by atoms with E-state index < -0.39 is 17.3 Å². The van der Waals surface area contributed by atoms with Crippen molar-refractivity contribution in [2.45, 2.75) is 0 Å². The maximum atomic E-state index is 13.4. The number of halogens is 3. The fourth-order valence-electron chi connectivity index (χ4n) is 1.26. The molecule has 78 valence electrons. The van der Waals surface area contributed by atoms with Crippen LogP contribution in [0.3, 0.4) is 0 Å². The minimum absolute atomic E-state index is 0.282. The second kappa shape index (κ2) is 3.62. The van der Waals surface area contributed by atoms with Crippen LogP contribution >= 0.6 is 15.9 Å². The highest BCUT2D eigenvalue weighted by atomic mass is 79.9. The molecule has 2 rings (SSSR count). The van der Waals surface area contributed by atoms with Crippen LogP contribution in [0.15, 0.2) is 33.8 Å². The predicted molar refractivity (Wildman–Crippen MR) is 54.0 cm³/mol. The van der Waals surface area contributed by atoms with Gasteiger partial charge in [-0.05, 0) is 12.1 Å². The van der Waals surface area contributed by atoms with Crippen LogP contribution < -0.4 is 5.69 Å². The SMILES string of the molecule is O=c1[nH]ccn1-c1c(F)cc(Br)cc1F. The van der Waals surface area contributed by atoms with Crippen LogP contribution in [0.25, 0.3) is 5.69 Å². The number of nitrogens with zero attached hydrogens (tertiary/aromatic N) is 1. The molecule has 1 aromatic carbocycles. The Morgan fingerprint density at radius 1 is 1.27 bits per heavy atom. The molecule has 0 atom stereocenters. The number of hydrogen-bond acceptors (Lipinski definition) is 1. The standard InChI is InChI=1S/C9H5BrF2N2O/c10-5-3-6(11)8(7(12)4-5)14-2-1-13-9(14)15/h1-4H,(H,13,15). The first-order valence-electron chi connectivity index (χ1n) is 4.00. The van der Waals surface area contributed by atoms with Crippen LogP contribution in [-0.4, -0.2) is 9.55 Å². The van der Waals surface area contributed by atoms with Gasteiger partial charge in [-0.25, -0.2) is 13.6 Å². The minimum Gasteiger partial charge on any atom is -0.312 e. The Bertz CT molecular complexity index is 538. The first-order chi connectivity index (χ1) is 7.09. The Labute approximate surface area is 91.5 Å². The molecular weight excluding hydrogens is 270 g/mol. The number of nitrogens with one attached hydrogen (secondary N) is 1. The lowest BCUT2D eigenvalue weighted by Gasteiger charge is -2.04. The molecule has 0 unspecified atom stereocenters. The molecule has 1 heterocycles. The van der Waals surface area contributed by atoms with Crippen LogP contribution in [-0.2, 0) is 0 Å². The summed E-state index contributed by atoms with van der Waals surface area (Å²) < 4.78 is 28.0. The van der Waals surface area contributed by atoms with Crippen molar-refractivity contribution >= 4 is 15.9 Å². The first kappa shape index (κ1) is 10.1. The van der Waals surface area contributed by atoms with Crippen LogP contribution in [0.2, 0.25) is 0 Å². The number of benzene rings is 1. The van der Waals surface area contributed by atoms with E-state index in [0.717, 1.165) is 16.7 Å². The lowest BCUT2D eigenvalue weighted by Crippen LogP contribution is -2.16. The molecule has 0 bridgehead atoms. The number of hydrogen-bond donors (Lipinski definition) is 1. The van der Waals surface area contributed by atoms with Crippen molar-refractivity contribution in [3.8, 4) is 5.69 Å². The molecule has 1 N–H and O–H groups in total. The quantitative estimate of drug-likeness (QED) is 0.851. The Hall–Kier alpha value is -1.43. The van der Waals surface area contributed by atoms with E-state index in [-0.39, 0.29) is 10.2 Å². The van der Waals surface area contributed by atoms with Crippen molar-refractivity contribution in [3.63, 3.8) is 0 Å². The summed E-state index contributed by atoms with van der Waals surface area (Å²) in [4.78, 5) is 13.5. The Morgan fingerprint density at radius 2 is 1.87 bits per heavy atom. The van der Waals surface area contributed by atoms with Crippen molar-refractivity contribution in [1.29, 1.82) is 0 Å². The molecule has 1 aromatic heterocycles. The molecule has 3 nitrogen and oxygen atoms in total. The van der Waals surface area contributed by atoms with Crippen LogP contribution in [0, 0.1) is 11.6 Å². The van der Waals surface area contributed by atoms with Gasteiger partial charge < -0.3 is 4.98 Å². The van der Waals surface area contributed by atoms with E-state index in [4.69, 9.17) is 0 Å². The molecule has 15 heavy (non-hydrogen) atoms. The third-order valence-electron chi connectivity index (χ3n) is 1.87. The zero-order valence-electron chi connectivity index (χ0n) is 7.30. The monoisotopic (exact) mass is 274 g/mol. The van der Waals surface area contributed by atoms with Gasteiger partial charge in [-0.15, -0.1) is 0 Å². The molecule has 0 spiro atoms. The molecule has 0 aliphatic carbocycles. The van der Waals surface area contributed by atoms with Gasteiger partial charge in [0.15, 0.2) is 11.6 Å². The highest BCUT2D eigenvalue weighted by Gasteiger charge is 2.13. The normalized spacial score (nSPS) is 10.6. The summed E-state index contributed by atoms with van der Waals surface area (Å²) in [7, 11) is 0. The summed E-state index contributed by atoms with van der Waals surface area (Å²) in [6.07, 6.45) is 2.57. The van der Waals surface area contributed by atoms with Crippen LogP contribution in [0.5, 0.6) is 0 Å². The molecule has 2 aromatic rings. The summed E-state index contributed by atoms with van der Waals surface area (Å²) in [5.74, 6) is -1.60. The molecule has 0 saturated heterocycles. The number of rotatable bonds is 1. The van der Waals surface area contributed by atoms with Crippen molar-refractivity contribution in [2.75, 3.05) is 0 Å². The second-order valence-electron chi connectivity index (χ2n) is 2.85. The summed E-state index contributed by atoms with van der Waals surface area (Å²) in [6, 6.07) is 2.19. The van der Waals surface area contributed by atoms with E-state index in [0.29, 0.717) is 0 Å². The maximum Gasteiger partial charge on any atom is 0.330 e. The Kier molecular flexibility index (Phi) is 2.44. The van der Waals surface area contributed by atoms with Gasteiger partial charge in [-0.3, -0.25) is 4.57 Å². The third kappa shape index (κ3) is 1.72. The smallest absolute Gasteiger partial charge is 0.312 e. The zero-order chi connectivity index (χ0) is 11.0.